The van der Waals surface area contributed by atoms with Gasteiger partial charge in [0.2, 0.25) is 5.82 Å². The molecule has 1 aliphatic rings. The maximum Gasteiger partial charge on any atom is 0.326 e. The smallest absolute Gasteiger partial charge is 0.326 e. The molecule has 0 radical (unpaired) electrons. The van der Waals surface area contributed by atoms with Crippen LogP contribution in [-0.2, 0) is 4.79 Å². The number of carboxylic acid groups (broad SMARTS) is 1. The molecule has 1 saturated heterocycles. The minimum absolute atomic E-state index is 0.200. The van der Waals surface area contributed by atoms with Crippen LogP contribution >= 0.6 is 23.2 Å². The van der Waals surface area contributed by atoms with E-state index in [2.05, 4.69) is 10.1 Å². The Morgan fingerprint density at radius 1 is 1.33 bits per heavy atom. The molecule has 0 bridgehead atoms. The number of aromatic nitrogens is 2. The molecule has 1 fully saturated rings. The zero-order valence-corrected chi connectivity index (χ0v) is 12.3. The normalized spacial score (nSPS) is 18.2. The third kappa shape index (κ3) is 2.82. The van der Waals surface area contributed by atoms with Crippen molar-refractivity contribution in [3.63, 3.8) is 0 Å². The number of rotatable bonds is 3. The van der Waals surface area contributed by atoms with E-state index in [-0.39, 0.29) is 6.01 Å². The lowest BCUT2D eigenvalue weighted by molar-refractivity contribution is -0.138. The van der Waals surface area contributed by atoms with Gasteiger partial charge in [0.05, 0.1) is 0 Å². The number of carbonyl (C=O) groups is 1. The topological polar surface area (TPSA) is 79.5 Å². The molecule has 0 saturated carbocycles. The molecule has 1 atom stereocenters. The summed E-state index contributed by atoms with van der Waals surface area (Å²) in [7, 11) is 0. The molecule has 0 unspecified atom stereocenters. The van der Waals surface area contributed by atoms with Gasteiger partial charge in [0.25, 0.3) is 0 Å². The van der Waals surface area contributed by atoms with Crippen LogP contribution in [-0.4, -0.2) is 33.8 Å². The van der Waals surface area contributed by atoms with Crippen molar-refractivity contribution in [2.24, 2.45) is 0 Å². The van der Waals surface area contributed by atoms with E-state index in [9.17, 15) is 9.90 Å². The van der Waals surface area contributed by atoms with Gasteiger partial charge in [-0.3, -0.25) is 0 Å². The fourth-order valence-corrected chi connectivity index (χ4v) is 2.91. The van der Waals surface area contributed by atoms with Gasteiger partial charge in [-0.15, -0.1) is 0 Å². The lowest BCUT2D eigenvalue weighted by Crippen LogP contribution is -2.36. The van der Waals surface area contributed by atoms with Gasteiger partial charge in [0.15, 0.2) is 0 Å². The first-order valence-electron chi connectivity index (χ1n) is 6.34. The Morgan fingerprint density at radius 3 is 2.71 bits per heavy atom. The molecule has 1 aliphatic heterocycles. The Bertz CT molecular complexity index is 669. The van der Waals surface area contributed by atoms with E-state index in [4.69, 9.17) is 27.7 Å². The first-order valence-corrected chi connectivity index (χ1v) is 7.10. The predicted molar refractivity (Wildman–Crippen MR) is 77.8 cm³/mol. The fourth-order valence-electron chi connectivity index (χ4n) is 2.38. The van der Waals surface area contributed by atoms with E-state index in [0.717, 1.165) is 6.42 Å². The quantitative estimate of drug-likeness (QED) is 0.933. The van der Waals surface area contributed by atoms with Crippen LogP contribution in [0.3, 0.4) is 0 Å². The molecule has 1 aromatic carbocycles. The number of aliphatic carboxylic acids is 1. The van der Waals surface area contributed by atoms with Crippen molar-refractivity contribution < 1.29 is 14.4 Å². The van der Waals surface area contributed by atoms with Crippen molar-refractivity contribution in [2.75, 3.05) is 11.4 Å². The van der Waals surface area contributed by atoms with Crippen LogP contribution in [0.1, 0.15) is 12.8 Å². The molecule has 2 heterocycles. The number of hydrogen-bond donors (Lipinski definition) is 1. The highest BCUT2D eigenvalue weighted by atomic mass is 35.5. The minimum atomic E-state index is -0.891. The van der Waals surface area contributed by atoms with Crippen LogP contribution in [0.15, 0.2) is 22.7 Å². The van der Waals surface area contributed by atoms with Gasteiger partial charge in [-0.25, -0.2) is 4.79 Å². The van der Waals surface area contributed by atoms with Crippen molar-refractivity contribution in [1.82, 2.24) is 10.1 Å². The molecule has 0 spiro atoms. The Morgan fingerprint density at radius 2 is 2.05 bits per heavy atom. The monoisotopic (exact) mass is 327 g/mol. The summed E-state index contributed by atoms with van der Waals surface area (Å²) in [6.45, 7) is 0.578. The third-order valence-corrected chi connectivity index (χ3v) is 3.76. The maximum atomic E-state index is 11.2. The van der Waals surface area contributed by atoms with Crippen molar-refractivity contribution in [1.29, 1.82) is 0 Å². The van der Waals surface area contributed by atoms with Gasteiger partial charge >= 0.3 is 12.0 Å². The Labute approximate surface area is 130 Å². The van der Waals surface area contributed by atoms with Crippen molar-refractivity contribution in [3.05, 3.63) is 28.2 Å². The van der Waals surface area contributed by atoms with Crippen LogP contribution in [0.2, 0.25) is 10.0 Å². The number of carboxylic acids is 1. The van der Waals surface area contributed by atoms with Crippen molar-refractivity contribution >= 4 is 35.2 Å². The van der Waals surface area contributed by atoms with Gasteiger partial charge in [-0.05, 0) is 31.0 Å². The van der Waals surface area contributed by atoms with Crippen LogP contribution < -0.4 is 4.90 Å². The lowest BCUT2D eigenvalue weighted by Gasteiger charge is -2.17. The second-order valence-corrected chi connectivity index (χ2v) is 5.62. The molecule has 0 amide bonds. The largest absolute Gasteiger partial charge is 0.480 e. The summed E-state index contributed by atoms with van der Waals surface area (Å²) in [4.78, 5) is 17.0. The number of hydrogen-bond acceptors (Lipinski definition) is 5. The second kappa shape index (κ2) is 5.54. The van der Waals surface area contributed by atoms with Gasteiger partial charge < -0.3 is 14.5 Å². The average molecular weight is 328 g/mol. The molecule has 2 aromatic rings. The summed E-state index contributed by atoms with van der Waals surface area (Å²) in [6.07, 6.45) is 1.34. The number of anilines is 1. The Kier molecular flexibility index (Phi) is 3.73. The van der Waals surface area contributed by atoms with E-state index in [1.807, 2.05) is 0 Å². The standard InChI is InChI=1S/C13H11Cl2N3O3/c14-8-4-7(5-9(15)6-8)11-16-13(21-17-11)18-3-1-2-10(18)12(19)20/h4-6,10H,1-3H2,(H,19,20)/t10-/m1/s1. The minimum Gasteiger partial charge on any atom is -0.480 e. The van der Waals surface area contributed by atoms with E-state index in [1.54, 1.807) is 23.1 Å². The van der Waals surface area contributed by atoms with E-state index >= 15 is 0 Å². The summed E-state index contributed by atoms with van der Waals surface area (Å²) < 4.78 is 5.18. The summed E-state index contributed by atoms with van der Waals surface area (Å²) in [6, 6.07) is 4.52. The molecular formula is C13H11Cl2N3O3. The zero-order valence-electron chi connectivity index (χ0n) is 10.8. The van der Waals surface area contributed by atoms with Crippen LogP contribution in [0.25, 0.3) is 11.4 Å². The molecule has 3 rings (SSSR count). The Balaban J connectivity index is 1.91. The highest BCUT2D eigenvalue weighted by Gasteiger charge is 2.34. The second-order valence-electron chi connectivity index (χ2n) is 4.75. The maximum absolute atomic E-state index is 11.2. The number of benzene rings is 1. The molecule has 6 nitrogen and oxygen atoms in total. The first kappa shape index (κ1) is 14.2. The molecule has 1 N–H and O–H groups in total. The van der Waals surface area contributed by atoms with Crippen molar-refractivity contribution in [3.8, 4) is 11.4 Å². The Hall–Kier alpha value is -1.79. The molecule has 110 valence electrons. The SMILES string of the molecule is O=C(O)[C@H]1CCCN1c1nc(-c2cc(Cl)cc(Cl)c2)no1. The average Bonchev–Trinajstić information content (AvgIpc) is 3.06. The summed E-state index contributed by atoms with van der Waals surface area (Å²) >= 11 is 11.9. The third-order valence-electron chi connectivity index (χ3n) is 3.32. The van der Waals surface area contributed by atoms with Crippen LogP contribution in [0.4, 0.5) is 6.01 Å². The molecule has 0 aliphatic carbocycles. The van der Waals surface area contributed by atoms with Gasteiger partial charge in [0.1, 0.15) is 6.04 Å². The first-order chi connectivity index (χ1) is 10.0. The highest BCUT2D eigenvalue weighted by Crippen LogP contribution is 2.29. The molecule has 21 heavy (non-hydrogen) atoms. The molecular weight excluding hydrogens is 317 g/mol. The van der Waals surface area contributed by atoms with E-state index < -0.39 is 12.0 Å². The van der Waals surface area contributed by atoms with Gasteiger partial charge in [-0.2, -0.15) is 4.98 Å². The van der Waals surface area contributed by atoms with E-state index in [0.29, 0.717) is 34.4 Å². The highest BCUT2D eigenvalue weighted by molar-refractivity contribution is 6.35. The summed E-state index contributed by atoms with van der Waals surface area (Å²) in [5.41, 5.74) is 0.619. The molecule has 1 aromatic heterocycles. The summed E-state index contributed by atoms with van der Waals surface area (Å²) in [5, 5.41) is 14.0. The van der Waals surface area contributed by atoms with Gasteiger partial charge in [0, 0.05) is 22.2 Å². The predicted octanol–water partition coefficient (Wildman–Crippen LogP) is 3.10. The molecule has 8 heteroatoms. The zero-order chi connectivity index (χ0) is 15.0. The lowest BCUT2D eigenvalue weighted by atomic mass is 10.2. The van der Waals surface area contributed by atoms with Crippen LogP contribution in [0.5, 0.6) is 0 Å². The fraction of sp³-hybridized carbons (Fsp3) is 0.308. The van der Waals surface area contributed by atoms with Crippen LogP contribution in [0, 0.1) is 0 Å². The van der Waals surface area contributed by atoms with Gasteiger partial charge in [-0.1, -0.05) is 28.4 Å². The summed E-state index contributed by atoms with van der Waals surface area (Å²) in [5.74, 6) is -0.566. The number of halogens is 2. The number of nitrogens with zero attached hydrogens (tertiary/aromatic N) is 3. The van der Waals surface area contributed by atoms with Crippen molar-refractivity contribution in [2.45, 2.75) is 18.9 Å². The van der Waals surface area contributed by atoms with E-state index in [1.165, 1.54) is 0 Å².